The van der Waals surface area contributed by atoms with Crippen molar-refractivity contribution in [2.24, 2.45) is 0 Å². The zero-order valence-electron chi connectivity index (χ0n) is 9.64. The molecule has 0 radical (unpaired) electrons. The van der Waals surface area contributed by atoms with Crippen molar-refractivity contribution in [3.05, 3.63) is 58.6 Å². The van der Waals surface area contributed by atoms with Gasteiger partial charge in [-0.15, -0.1) is 11.8 Å². The van der Waals surface area contributed by atoms with Crippen LogP contribution in [0, 0.1) is 5.82 Å². The number of rotatable bonds is 4. The van der Waals surface area contributed by atoms with E-state index in [0.29, 0.717) is 5.75 Å². The summed E-state index contributed by atoms with van der Waals surface area (Å²) in [5.74, 6) is -1.00. The van der Waals surface area contributed by atoms with Gasteiger partial charge in [0, 0.05) is 16.8 Å². The second-order valence-corrected chi connectivity index (χ2v) is 5.18. The number of aromatic carboxylic acids is 1. The summed E-state index contributed by atoms with van der Waals surface area (Å²) in [5.41, 5.74) is 0.771. The van der Waals surface area contributed by atoms with Gasteiger partial charge in [-0.05, 0) is 29.8 Å². The smallest absolute Gasteiger partial charge is 0.354 e. The minimum atomic E-state index is -1.07. The molecule has 0 amide bonds. The Morgan fingerprint density at radius 2 is 2.16 bits per heavy atom. The summed E-state index contributed by atoms with van der Waals surface area (Å²) in [6, 6.07) is 7.80. The van der Waals surface area contributed by atoms with Crippen LogP contribution in [0.3, 0.4) is 0 Å². The van der Waals surface area contributed by atoms with Gasteiger partial charge >= 0.3 is 5.97 Å². The van der Waals surface area contributed by atoms with Crippen LogP contribution in [0.1, 0.15) is 16.1 Å². The quantitative estimate of drug-likeness (QED) is 0.871. The summed E-state index contributed by atoms with van der Waals surface area (Å²) in [6.45, 7) is 0. The van der Waals surface area contributed by atoms with E-state index in [0.717, 1.165) is 10.5 Å². The number of carbonyl (C=O) groups is 1. The van der Waals surface area contributed by atoms with E-state index in [1.54, 1.807) is 12.1 Å². The molecule has 0 saturated heterocycles. The van der Waals surface area contributed by atoms with Crippen LogP contribution in [-0.4, -0.2) is 16.1 Å². The number of halogens is 2. The van der Waals surface area contributed by atoms with E-state index in [1.165, 1.54) is 36.2 Å². The lowest BCUT2D eigenvalue weighted by molar-refractivity contribution is 0.0690. The lowest BCUT2D eigenvalue weighted by atomic mass is 10.2. The van der Waals surface area contributed by atoms with Crippen molar-refractivity contribution in [2.75, 3.05) is 0 Å². The van der Waals surface area contributed by atoms with Gasteiger partial charge in [0.15, 0.2) is 0 Å². The monoisotopic (exact) mass is 297 g/mol. The number of thioether (sulfide) groups is 1. The molecular weight excluding hydrogens is 289 g/mol. The van der Waals surface area contributed by atoms with Crippen molar-refractivity contribution in [3.8, 4) is 0 Å². The molecule has 19 heavy (non-hydrogen) atoms. The predicted octanol–water partition coefficient (Wildman–Crippen LogP) is 3.86. The van der Waals surface area contributed by atoms with Crippen LogP contribution in [0.25, 0.3) is 0 Å². The van der Waals surface area contributed by atoms with Crippen LogP contribution in [0.4, 0.5) is 4.39 Å². The molecule has 3 nitrogen and oxygen atoms in total. The van der Waals surface area contributed by atoms with Gasteiger partial charge < -0.3 is 5.11 Å². The van der Waals surface area contributed by atoms with Crippen LogP contribution < -0.4 is 0 Å². The highest BCUT2D eigenvalue weighted by molar-refractivity contribution is 7.98. The Hall–Kier alpha value is -1.59. The molecule has 0 saturated carbocycles. The lowest BCUT2D eigenvalue weighted by Crippen LogP contribution is -1.99. The first kappa shape index (κ1) is 13.8. The fourth-order valence-electron chi connectivity index (χ4n) is 1.41. The summed E-state index contributed by atoms with van der Waals surface area (Å²) >= 11 is 7.00. The second-order valence-electron chi connectivity index (χ2n) is 3.72. The summed E-state index contributed by atoms with van der Waals surface area (Å²) in [5, 5.41) is 8.91. The number of pyridine rings is 1. The molecule has 1 aromatic heterocycles. The first-order chi connectivity index (χ1) is 9.06. The van der Waals surface area contributed by atoms with Gasteiger partial charge in [-0.1, -0.05) is 17.7 Å². The topological polar surface area (TPSA) is 50.2 Å². The summed E-state index contributed by atoms with van der Waals surface area (Å²) in [7, 11) is 0. The molecule has 0 aliphatic heterocycles. The fraction of sp³-hybridized carbons (Fsp3) is 0.0769. The molecular formula is C13H9ClFNO2S. The number of aromatic nitrogens is 1. The van der Waals surface area contributed by atoms with Gasteiger partial charge in [-0.3, -0.25) is 0 Å². The maximum atomic E-state index is 13.2. The Bertz CT molecular complexity index is 621. The van der Waals surface area contributed by atoms with Crippen LogP contribution in [0.2, 0.25) is 5.02 Å². The molecule has 1 aromatic carbocycles. The van der Waals surface area contributed by atoms with Crippen LogP contribution >= 0.6 is 23.4 Å². The minimum absolute atomic E-state index is 0.00714. The third-order valence-electron chi connectivity index (χ3n) is 2.34. The first-order valence-corrected chi connectivity index (χ1v) is 6.68. The Balaban J connectivity index is 2.07. The van der Waals surface area contributed by atoms with Gasteiger partial charge in [0.1, 0.15) is 11.5 Å². The summed E-state index contributed by atoms with van der Waals surface area (Å²) in [4.78, 5) is 15.3. The molecule has 6 heteroatoms. The molecule has 0 atom stereocenters. The average molecular weight is 298 g/mol. The minimum Gasteiger partial charge on any atom is -0.477 e. The van der Waals surface area contributed by atoms with Gasteiger partial charge in [0.05, 0.1) is 5.02 Å². The van der Waals surface area contributed by atoms with Gasteiger partial charge in [0.25, 0.3) is 0 Å². The number of hydrogen-bond donors (Lipinski definition) is 1. The highest BCUT2D eigenvalue weighted by Gasteiger charge is 2.06. The van der Waals surface area contributed by atoms with Crippen LogP contribution in [-0.2, 0) is 5.75 Å². The van der Waals surface area contributed by atoms with Crippen molar-refractivity contribution < 1.29 is 14.3 Å². The van der Waals surface area contributed by atoms with Gasteiger partial charge in [-0.2, -0.15) is 0 Å². The standard InChI is InChI=1S/C13H9ClFNO2S/c14-10-2-1-8(5-11(10)15)7-19-9-3-4-16-12(6-9)13(17)18/h1-6H,7H2,(H,17,18). The zero-order valence-corrected chi connectivity index (χ0v) is 11.2. The van der Waals surface area contributed by atoms with E-state index in [9.17, 15) is 9.18 Å². The van der Waals surface area contributed by atoms with Crippen molar-refractivity contribution in [1.29, 1.82) is 0 Å². The van der Waals surface area contributed by atoms with Crippen LogP contribution in [0.5, 0.6) is 0 Å². The average Bonchev–Trinajstić information content (AvgIpc) is 2.40. The van der Waals surface area contributed by atoms with Crippen molar-refractivity contribution in [1.82, 2.24) is 4.98 Å². The van der Waals surface area contributed by atoms with Crippen molar-refractivity contribution in [3.63, 3.8) is 0 Å². The maximum absolute atomic E-state index is 13.2. The number of benzene rings is 1. The van der Waals surface area contributed by atoms with E-state index in [1.807, 2.05) is 0 Å². The summed E-state index contributed by atoms with van der Waals surface area (Å²) in [6.07, 6.45) is 1.44. The van der Waals surface area contributed by atoms with Gasteiger partial charge in [-0.25, -0.2) is 14.2 Å². The molecule has 2 aromatic rings. The molecule has 0 aliphatic rings. The lowest BCUT2D eigenvalue weighted by Gasteiger charge is -2.04. The van der Waals surface area contributed by atoms with E-state index >= 15 is 0 Å². The second kappa shape index (κ2) is 6.04. The number of carboxylic acid groups (broad SMARTS) is 1. The Morgan fingerprint density at radius 3 is 2.84 bits per heavy atom. The largest absolute Gasteiger partial charge is 0.477 e. The molecule has 0 aliphatic carbocycles. The zero-order chi connectivity index (χ0) is 13.8. The number of carboxylic acids is 1. The molecule has 0 spiro atoms. The van der Waals surface area contributed by atoms with E-state index < -0.39 is 11.8 Å². The molecule has 0 bridgehead atoms. The fourth-order valence-corrected chi connectivity index (χ4v) is 2.40. The third-order valence-corrected chi connectivity index (χ3v) is 3.71. The van der Waals surface area contributed by atoms with E-state index in [-0.39, 0.29) is 10.7 Å². The number of nitrogens with zero attached hydrogens (tertiary/aromatic N) is 1. The van der Waals surface area contributed by atoms with E-state index in [4.69, 9.17) is 16.7 Å². The summed E-state index contributed by atoms with van der Waals surface area (Å²) < 4.78 is 13.2. The highest BCUT2D eigenvalue weighted by atomic mass is 35.5. The van der Waals surface area contributed by atoms with Crippen molar-refractivity contribution >= 4 is 29.3 Å². The molecule has 2 rings (SSSR count). The molecule has 98 valence electrons. The molecule has 0 unspecified atom stereocenters. The SMILES string of the molecule is O=C(O)c1cc(SCc2ccc(Cl)c(F)c2)ccn1. The Labute approximate surface area is 118 Å². The highest BCUT2D eigenvalue weighted by Crippen LogP contribution is 2.24. The Morgan fingerprint density at radius 1 is 1.37 bits per heavy atom. The van der Waals surface area contributed by atoms with E-state index in [2.05, 4.69) is 4.98 Å². The molecule has 0 fully saturated rings. The number of hydrogen-bond acceptors (Lipinski definition) is 3. The van der Waals surface area contributed by atoms with Crippen molar-refractivity contribution in [2.45, 2.75) is 10.6 Å². The molecule has 1 heterocycles. The third kappa shape index (κ3) is 3.68. The first-order valence-electron chi connectivity index (χ1n) is 5.32. The normalized spacial score (nSPS) is 10.4. The van der Waals surface area contributed by atoms with Gasteiger partial charge in [0.2, 0.25) is 0 Å². The predicted molar refractivity (Wildman–Crippen MR) is 72.2 cm³/mol. The maximum Gasteiger partial charge on any atom is 0.354 e. The molecule has 1 N–H and O–H groups in total. The Kier molecular flexibility index (Phi) is 4.39. The van der Waals surface area contributed by atoms with Crippen LogP contribution in [0.15, 0.2) is 41.4 Å².